The predicted molar refractivity (Wildman–Crippen MR) is 79.1 cm³/mol. The third-order valence-electron chi connectivity index (χ3n) is 2.83. The van der Waals surface area contributed by atoms with Crippen molar-refractivity contribution in [1.29, 1.82) is 0 Å². The van der Waals surface area contributed by atoms with Crippen LogP contribution in [0.2, 0.25) is 0 Å². The van der Waals surface area contributed by atoms with Crippen LogP contribution in [0.1, 0.15) is 72.1 Å². The number of carbonyl (C=O) groups is 2. The molecule has 0 fully saturated rings. The number of hydrogen-bond acceptors (Lipinski definition) is 4. The van der Waals surface area contributed by atoms with Crippen molar-refractivity contribution in [2.24, 2.45) is 0 Å². The van der Waals surface area contributed by atoms with Gasteiger partial charge in [0.2, 0.25) is 5.76 Å². The van der Waals surface area contributed by atoms with E-state index in [9.17, 15) is 9.59 Å². The molecule has 0 rings (SSSR count). The first-order valence-corrected chi connectivity index (χ1v) is 7.67. The lowest BCUT2D eigenvalue weighted by atomic mass is 10.1. The van der Waals surface area contributed by atoms with Crippen molar-refractivity contribution in [3.63, 3.8) is 0 Å². The number of esters is 2. The fourth-order valence-corrected chi connectivity index (χ4v) is 1.80. The van der Waals surface area contributed by atoms with Crippen LogP contribution in [0.25, 0.3) is 0 Å². The Kier molecular flexibility index (Phi) is 11.9. The van der Waals surface area contributed by atoms with E-state index in [1.165, 1.54) is 39.0 Å². The molecule has 0 aromatic heterocycles. The van der Waals surface area contributed by atoms with Crippen molar-refractivity contribution in [2.45, 2.75) is 72.1 Å². The van der Waals surface area contributed by atoms with Crippen molar-refractivity contribution in [1.82, 2.24) is 0 Å². The van der Waals surface area contributed by atoms with Crippen LogP contribution in [-0.4, -0.2) is 18.5 Å². The molecule has 116 valence electrons. The minimum atomic E-state index is -0.548. The maximum Gasteiger partial charge on any atom is 0.374 e. The lowest BCUT2D eigenvalue weighted by molar-refractivity contribution is -0.150. The first-order chi connectivity index (χ1) is 9.61. The molecule has 0 aromatic rings. The summed E-state index contributed by atoms with van der Waals surface area (Å²) in [7, 11) is 0. The molecular weight excluding hydrogens is 256 g/mol. The number of carbonyl (C=O) groups excluding carboxylic acids is 2. The molecule has 0 aliphatic carbocycles. The number of ether oxygens (including phenoxy) is 2. The highest BCUT2D eigenvalue weighted by Gasteiger charge is 2.14. The van der Waals surface area contributed by atoms with Gasteiger partial charge in [-0.1, -0.05) is 52.4 Å². The molecule has 0 atom stereocenters. The standard InChI is InChI=1S/C16H28O4/c1-4-6-7-8-9-10-11-13-19-16(18)15(12-5-2)20-14(3)17/h12H,4-11,13H2,1-3H3/b15-12-. The molecule has 0 bridgehead atoms. The number of allylic oxidation sites excluding steroid dienone is 1. The van der Waals surface area contributed by atoms with Crippen molar-refractivity contribution in [3.05, 3.63) is 11.8 Å². The van der Waals surface area contributed by atoms with E-state index in [0.717, 1.165) is 12.8 Å². The zero-order chi connectivity index (χ0) is 15.2. The van der Waals surface area contributed by atoms with E-state index in [4.69, 9.17) is 9.47 Å². The van der Waals surface area contributed by atoms with Crippen LogP contribution in [0.15, 0.2) is 11.8 Å². The summed E-state index contributed by atoms with van der Waals surface area (Å²) in [6.07, 6.45) is 10.4. The Morgan fingerprint density at radius 1 is 0.950 bits per heavy atom. The molecule has 0 heterocycles. The maximum absolute atomic E-state index is 11.7. The molecule has 0 aliphatic heterocycles. The Morgan fingerprint density at radius 2 is 1.55 bits per heavy atom. The second-order valence-corrected chi connectivity index (χ2v) is 4.83. The van der Waals surface area contributed by atoms with Crippen LogP contribution >= 0.6 is 0 Å². The third kappa shape index (κ3) is 10.6. The van der Waals surface area contributed by atoms with E-state index in [1.807, 2.05) is 6.92 Å². The lowest BCUT2D eigenvalue weighted by Gasteiger charge is -2.07. The van der Waals surface area contributed by atoms with E-state index in [0.29, 0.717) is 13.0 Å². The second kappa shape index (κ2) is 12.7. The van der Waals surface area contributed by atoms with Crippen LogP contribution in [0.4, 0.5) is 0 Å². The molecule has 0 unspecified atom stereocenters. The topological polar surface area (TPSA) is 52.6 Å². The normalized spacial score (nSPS) is 11.2. The Morgan fingerprint density at radius 3 is 2.10 bits per heavy atom. The van der Waals surface area contributed by atoms with Crippen molar-refractivity contribution >= 4 is 11.9 Å². The molecule has 0 saturated heterocycles. The Labute approximate surface area is 122 Å². The number of hydrogen-bond donors (Lipinski definition) is 0. The summed E-state index contributed by atoms with van der Waals surface area (Å²) in [5, 5.41) is 0. The highest BCUT2D eigenvalue weighted by Crippen LogP contribution is 2.08. The molecule has 0 saturated carbocycles. The fraction of sp³-hybridized carbons (Fsp3) is 0.750. The highest BCUT2D eigenvalue weighted by molar-refractivity contribution is 5.89. The molecule has 0 N–H and O–H groups in total. The minimum Gasteiger partial charge on any atom is -0.460 e. The van der Waals surface area contributed by atoms with Crippen molar-refractivity contribution in [3.8, 4) is 0 Å². The summed E-state index contributed by atoms with van der Waals surface area (Å²) in [5.74, 6) is -1.05. The van der Waals surface area contributed by atoms with Crippen molar-refractivity contribution < 1.29 is 19.1 Å². The van der Waals surface area contributed by atoms with Gasteiger partial charge in [-0.25, -0.2) is 4.79 Å². The summed E-state index contributed by atoms with van der Waals surface area (Å²) >= 11 is 0. The van der Waals surface area contributed by atoms with Gasteiger partial charge < -0.3 is 9.47 Å². The first-order valence-electron chi connectivity index (χ1n) is 7.67. The molecule has 4 heteroatoms. The average Bonchev–Trinajstić information content (AvgIpc) is 2.40. The van der Waals surface area contributed by atoms with Crippen LogP contribution in [0, 0.1) is 0 Å². The molecule has 0 amide bonds. The van der Waals surface area contributed by atoms with E-state index in [1.54, 1.807) is 6.08 Å². The average molecular weight is 284 g/mol. The monoisotopic (exact) mass is 284 g/mol. The summed E-state index contributed by atoms with van der Waals surface area (Å²) in [4.78, 5) is 22.5. The number of unbranched alkanes of at least 4 members (excludes halogenated alkanes) is 6. The zero-order valence-corrected chi connectivity index (χ0v) is 13.1. The van der Waals surface area contributed by atoms with E-state index in [2.05, 4.69) is 6.92 Å². The van der Waals surface area contributed by atoms with Gasteiger partial charge in [0, 0.05) is 6.92 Å². The minimum absolute atomic E-state index is 0.00273. The largest absolute Gasteiger partial charge is 0.460 e. The Hall–Kier alpha value is -1.32. The second-order valence-electron chi connectivity index (χ2n) is 4.83. The predicted octanol–water partition coefficient (Wildman–Crippen LogP) is 4.14. The number of rotatable bonds is 11. The van der Waals surface area contributed by atoms with E-state index >= 15 is 0 Å². The molecule has 4 nitrogen and oxygen atoms in total. The van der Waals surface area contributed by atoms with E-state index in [-0.39, 0.29) is 5.76 Å². The van der Waals surface area contributed by atoms with Gasteiger partial charge >= 0.3 is 11.9 Å². The summed E-state index contributed by atoms with van der Waals surface area (Å²) < 4.78 is 9.92. The van der Waals surface area contributed by atoms with Crippen LogP contribution in [0.5, 0.6) is 0 Å². The van der Waals surface area contributed by atoms with Crippen LogP contribution in [-0.2, 0) is 19.1 Å². The third-order valence-corrected chi connectivity index (χ3v) is 2.83. The van der Waals surface area contributed by atoms with Gasteiger partial charge in [0.1, 0.15) is 0 Å². The first kappa shape index (κ1) is 18.7. The SMILES string of the molecule is CC/C=C(\OC(C)=O)C(=O)OCCCCCCCCC. The van der Waals surface area contributed by atoms with Gasteiger partial charge in [0.25, 0.3) is 0 Å². The zero-order valence-electron chi connectivity index (χ0n) is 13.1. The van der Waals surface area contributed by atoms with E-state index < -0.39 is 11.9 Å². The Balaban J connectivity index is 3.74. The van der Waals surface area contributed by atoms with Crippen LogP contribution < -0.4 is 0 Å². The Bertz CT molecular complexity index is 308. The van der Waals surface area contributed by atoms with Crippen LogP contribution in [0.3, 0.4) is 0 Å². The van der Waals surface area contributed by atoms with Crippen molar-refractivity contribution in [2.75, 3.05) is 6.61 Å². The molecule has 0 spiro atoms. The quantitative estimate of drug-likeness (QED) is 0.248. The van der Waals surface area contributed by atoms with Gasteiger partial charge in [-0.05, 0) is 18.9 Å². The smallest absolute Gasteiger partial charge is 0.374 e. The summed E-state index contributed by atoms with van der Waals surface area (Å²) in [6.45, 7) is 5.72. The molecule has 0 aromatic carbocycles. The highest BCUT2D eigenvalue weighted by atomic mass is 16.6. The van der Waals surface area contributed by atoms with Gasteiger partial charge in [-0.15, -0.1) is 0 Å². The fourth-order valence-electron chi connectivity index (χ4n) is 1.80. The lowest BCUT2D eigenvalue weighted by Crippen LogP contribution is -2.13. The summed E-state index contributed by atoms with van der Waals surface area (Å²) in [5.41, 5.74) is 0. The van der Waals surface area contributed by atoms with Gasteiger partial charge in [-0.2, -0.15) is 0 Å². The maximum atomic E-state index is 11.7. The summed E-state index contributed by atoms with van der Waals surface area (Å²) in [6, 6.07) is 0. The van der Waals surface area contributed by atoms with Gasteiger partial charge in [-0.3, -0.25) is 4.79 Å². The molecule has 0 aliphatic rings. The molecule has 0 radical (unpaired) electrons. The van der Waals surface area contributed by atoms with Gasteiger partial charge in [0.15, 0.2) is 0 Å². The van der Waals surface area contributed by atoms with Gasteiger partial charge in [0.05, 0.1) is 6.61 Å². The molecular formula is C16H28O4. The molecule has 20 heavy (non-hydrogen) atoms.